The van der Waals surface area contributed by atoms with Gasteiger partial charge in [-0.05, 0) is 0 Å². The van der Waals surface area contributed by atoms with Crippen LogP contribution in [0.5, 0.6) is 0 Å². The first-order chi connectivity index (χ1) is 0. The molecule has 0 aromatic carbocycles. The van der Waals surface area contributed by atoms with E-state index in [0.717, 1.165) is 0 Å². The topological polar surface area (TPSA) is 0 Å². The summed E-state index contributed by atoms with van der Waals surface area (Å²) in [6, 6.07) is 0. The molecular weight excluding hydrogens is 84.1 g/mol. The Labute approximate surface area is 53.0 Å². The predicted molar refractivity (Wildman–Crippen MR) is 22.7 cm³/mol. The maximum atomic E-state index is 0. The molecule has 0 atom stereocenters. The van der Waals surface area contributed by atoms with Crippen molar-refractivity contribution in [2.45, 2.75) is 0 Å². The first-order valence-corrected chi connectivity index (χ1v) is 0. The molecule has 0 spiro atoms. The minimum Gasteiger partial charge on any atom is 0 e. The number of rotatable bonds is 0. The Morgan fingerprint density at radius 2 is 0.143 bits per heavy atom. The van der Waals surface area contributed by atoms with Crippen LogP contribution in [0.15, 0.2) is 0 Å². The fourth-order valence-corrected chi connectivity index (χ4v) is 0. The summed E-state index contributed by atoms with van der Waals surface area (Å²) in [6.45, 7) is 0. The van der Waals surface area contributed by atoms with Gasteiger partial charge in [0.15, 0.2) is 0 Å². The molecule has 0 fully saturated rings. The van der Waals surface area contributed by atoms with Crippen LogP contribution < -0.4 is 0 Å². The van der Waals surface area contributed by atoms with Crippen molar-refractivity contribution >= 4 is 0 Å². The summed E-state index contributed by atoms with van der Waals surface area (Å²) in [7, 11) is 0. The van der Waals surface area contributed by atoms with Gasteiger partial charge in [-0.2, -0.15) is 0 Å². The Hall–Kier alpha value is 0. The van der Waals surface area contributed by atoms with E-state index in [4.69, 9.17) is 0 Å². The fourth-order valence-electron chi connectivity index (χ4n) is 0. The zero-order valence-electron chi connectivity index (χ0n) is 3.50. The summed E-state index contributed by atoms with van der Waals surface area (Å²) in [5.41, 5.74) is 0. The number of hydrogen-bond donors (Lipinski definition) is 0. The van der Waals surface area contributed by atoms with E-state index in [1.165, 1.54) is 0 Å². The van der Waals surface area contributed by atoms with Gasteiger partial charge in [-0.15, -0.1) is 0 Å². The molecule has 0 unspecified atom stereocenters. The Kier molecular flexibility index (Phi) is 0. The Morgan fingerprint density at radius 3 is 0.143 bits per heavy atom. The van der Waals surface area contributed by atoms with E-state index in [9.17, 15) is 0 Å². The highest BCUT2D eigenvalue weighted by Gasteiger charge is 0.00600. The van der Waals surface area contributed by atoms with Crippen LogP contribution in [0.2, 0.25) is 0 Å². The molecule has 0 saturated heterocycles. The van der Waals surface area contributed by atoms with Gasteiger partial charge >= 0.3 is 0 Å². The molecule has 0 rings (SSSR count). The summed E-state index contributed by atoms with van der Waals surface area (Å²) in [5, 5.41) is 0. The smallest absolute Gasteiger partial charge is 0 e. The highest BCUT2D eigenvalue weighted by molar-refractivity contribution is 3.25. The lowest BCUT2D eigenvalue weighted by molar-refractivity contribution is 3.24. The van der Waals surface area contributed by atoms with Gasteiger partial charge in [0.25, 0.3) is 0 Å². The van der Waals surface area contributed by atoms with Crippen molar-refractivity contribution in [3.63, 3.8) is 0 Å². The molecule has 28 valence electrons. The minimum absolute atomic E-state index is 0. The first-order valence-electron chi connectivity index (χ1n) is 0. The van der Waals surface area contributed by atoms with Crippen LogP contribution in [0.1, 0.15) is 0 Å². The Balaban J connectivity index is 0. The normalized spacial score (nSPS) is 0. The van der Waals surface area contributed by atoms with Crippen LogP contribution in [-0.4, -0.2) is 0 Å². The Morgan fingerprint density at radius 1 is 0.143 bits per heavy atom. The van der Waals surface area contributed by atoms with Crippen LogP contribution in [0.25, 0.3) is 0 Å². The second-order valence-corrected chi connectivity index (χ2v) is 0. The number of hydrogen-bond acceptors (Lipinski definition) is 0. The molecule has 0 bridgehead atoms. The third kappa shape index (κ3) is 0. The van der Waals surface area contributed by atoms with Gasteiger partial charge in [-0.3, -0.25) is 0 Å². The van der Waals surface area contributed by atoms with E-state index >= 15 is 0 Å². The predicted octanol–water partition coefficient (Wildman–Crippen LogP) is 0.569. The third-order valence-electron chi connectivity index (χ3n) is 0. The molecule has 0 aromatic rings. The summed E-state index contributed by atoms with van der Waals surface area (Å²) < 4.78 is 0. The molecule has 0 heterocycles. The SMILES string of the molecule is [C].[C].[C].[C].[C].[C].[C]. The van der Waals surface area contributed by atoms with Gasteiger partial charge < -0.3 is 0 Å². The molecule has 0 aliphatic carbocycles. The minimum atomic E-state index is 0. The molecular formula is C7. The van der Waals surface area contributed by atoms with Crippen molar-refractivity contribution in [3.8, 4) is 0 Å². The molecule has 0 amide bonds. The summed E-state index contributed by atoms with van der Waals surface area (Å²) >= 11 is 0. The van der Waals surface area contributed by atoms with E-state index < -0.39 is 0 Å². The molecule has 0 aromatic heterocycles. The standard InChI is InChI=1S/7C. The second kappa shape index (κ2) is 0. The highest BCUT2D eigenvalue weighted by atomic mass is 12.0. The molecule has 0 saturated carbocycles. The van der Waals surface area contributed by atoms with E-state index in [1.54, 1.807) is 0 Å². The fraction of sp³-hybridized carbons (Fsp3) is 0. The quantitative estimate of drug-likeness (QED) is 0.402. The zero-order chi connectivity index (χ0) is 0. The first kappa shape index (κ1) is 0. The van der Waals surface area contributed by atoms with Crippen molar-refractivity contribution in [3.05, 3.63) is 52.0 Å². The second-order valence-electron chi connectivity index (χ2n) is 0. The monoisotopic (exact) mass is 84.0 g/mol. The molecule has 0 aliphatic rings. The van der Waals surface area contributed by atoms with Gasteiger partial charge in [-0.1, -0.05) is 0 Å². The lowest BCUT2D eigenvalue weighted by atomic mass is 12.0. The van der Waals surface area contributed by atoms with Crippen LogP contribution in [0.4, 0.5) is 0 Å². The average molecular weight is 84.1 g/mol. The van der Waals surface area contributed by atoms with Gasteiger partial charge in [0.05, 0.1) is 0 Å². The van der Waals surface area contributed by atoms with Crippen LogP contribution in [0.3, 0.4) is 0 Å². The average Bonchev–Trinajstić information content (AvgIpc) is 0. The van der Waals surface area contributed by atoms with Gasteiger partial charge in [0.2, 0.25) is 0 Å². The lowest BCUT2D eigenvalue weighted by Gasteiger charge is -0.00100. The van der Waals surface area contributed by atoms with Crippen molar-refractivity contribution in [2.75, 3.05) is 0 Å². The van der Waals surface area contributed by atoms with Crippen LogP contribution >= 0.6 is 0 Å². The lowest BCUT2D eigenvalue weighted by Crippen LogP contribution is 0.0803. The third-order valence-corrected chi connectivity index (χ3v) is 0. The zero-order valence-corrected chi connectivity index (χ0v) is 3.50. The van der Waals surface area contributed by atoms with Crippen molar-refractivity contribution in [1.29, 1.82) is 0 Å². The van der Waals surface area contributed by atoms with Crippen molar-refractivity contribution in [1.82, 2.24) is 0 Å². The molecule has 0 nitrogen and oxygen atoms in total. The molecule has 7 heavy (non-hydrogen) atoms. The van der Waals surface area contributed by atoms with Crippen molar-refractivity contribution < 1.29 is 0 Å². The van der Waals surface area contributed by atoms with E-state index in [-0.39, 0.29) is 52.0 Å². The summed E-state index contributed by atoms with van der Waals surface area (Å²) in [5.74, 6) is 0. The van der Waals surface area contributed by atoms with E-state index in [2.05, 4.69) is 0 Å². The highest BCUT2D eigenvalue weighted by Crippen LogP contribution is 0.0873. The molecule has 28 radical (unpaired) electrons. The van der Waals surface area contributed by atoms with Gasteiger partial charge in [-0.25, -0.2) is 0 Å². The molecule has 0 N–H and O–H groups in total. The van der Waals surface area contributed by atoms with Crippen LogP contribution in [0, 0.1) is 52.0 Å². The Bertz CT molecular complexity index is 0. The maximum Gasteiger partial charge on any atom is 0 e. The summed E-state index contributed by atoms with van der Waals surface area (Å²) in [4.78, 5) is 0. The maximum absolute atomic E-state index is 0. The van der Waals surface area contributed by atoms with Gasteiger partial charge in [0.1, 0.15) is 0 Å². The van der Waals surface area contributed by atoms with Gasteiger partial charge in [0, 0.05) is 52.0 Å². The summed E-state index contributed by atoms with van der Waals surface area (Å²) in [6.07, 6.45) is 0. The van der Waals surface area contributed by atoms with E-state index in [0.29, 0.717) is 0 Å². The molecule has 0 heteroatoms. The van der Waals surface area contributed by atoms with Crippen LogP contribution in [-0.2, 0) is 0 Å². The largest absolute Gasteiger partial charge is 0 e. The van der Waals surface area contributed by atoms with Crippen molar-refractivity contribution in [2.24, 2.45) is 0 Å². The van der Waals surface area contributed by atoms with E-state index in [1.807, 2.05) is 0 Å². The molecule has 0 aliphatic heterocycles.